The van der Waals surface area contributed by atoms with E-state index >= 15 is 0 Å². The standard InChI is InChI=1S/C10H9NO2/c12-10-7-5-13-8-4-2-1-3-6(8)9(7)11-10/h1-4,7,9H,5H2,(H,11,12). The van der Waals surface area contributed by atoms with Crippen molar-refractivity contribution in [2.45, 2.75) is 6.04 Å². The highest BCUT2D eigenvalue weighted by molar-refractivity contribution is 5.87. The summed E-state index contributed by atoms with van der Waals surface area (Å²) in [7, 11) is 0. The lowest BCUT2D eigenvalue weighted by molar-refractivity contribution is -0.138. The normalized spacial score (nSPS) is 29.1. The van der Waals surface area contributed by atoms with Gasteiger partial charge >= 0.3 is 0 Å². The van der Waals surface area contributed by atoms with Crippen molar-refractivity contribution in [2.75, 3.05) is 6.61 Å². The van der Waals surface area contributed by atoms with Crippen molar-refractivity contribution in [1.82, 2.24) is 5.32 Å². The Labute approximate surface area is 75.7 Å². The maximum atomic E-state index is 11.1. The zero-order valence-corrected chi connectivity index (χ0v) is 6.99. The lowest BCUT2D eigenvalue weighted by Crippen LogP contribution is -2.55. The molecule has 1 N–H and O–H groups in total. The molecule has 3 rings (SSSR count). The summed E-state index contributed by atoms with van der Waals surface area (Å²) in [5, 5.41) is 2.88. The van der Waals surface area contributed by atoms with Crippen molar-refractivity contribution < 1.29 is 9.53 Å². The number of carbonyl (C=O) groups excluding carboxylic acids is 1. The van der Waals surface area contributed by atoms with Gasteiger partial charge in [0.1, 0.15) is 12.4 Å². The largest absolute Gasteiger partial charge is 0.492 e. The molecule has 2 aliphatic rings. The Morgan fingerprint density at radius 3 is 3.08 bits per heavy atom. The molecule has 13 heavy (non-hydrogen) atoms. The lowest BCUT2D eigenvalue weighted by atomic mass is 9.83. The van der Waals surface area contributed by atoms with E-state index in [1.54, 1.807) is 0 Å². The second kappa shape index (κ2) is 2.25. The van der Waals surface area contributed by atoms with Crippen LogP contribution in [0.5, 0.6) is 5.75 Å². The first-order valence-corrected chi connectivity index (χ1v) is 4.38. The molecule has 1 amide bonds. The molecule has 2 heterocycles. The summed E-state index contributed by atoms with van der Waals surface area (Å²) in [6, 6.07) is 8.05. The summed E-state index contributed by atoms with van der Waals surface area (Å²) in [6.45, 7) is 0.521. The quantitative estimate of drug-likeness (QED) is 0.594. The van der Waals surface area contributed by atoms with E-state index in [4.69, 9.17) is 4.74 Å². The maximum absolute atomic E-state index is 11.1. The zero-order chi connectivity index (χ0) is 8.84. The molecular formula is C10H9NO2. The molecule has 66 valence electrons. The Morgan fingerprint density at radius 2 is 2.23 bits per heavy atom. The molecule has 2 atom stereocenters. The van der Waals surface area contributed by atoms with Gasteiger partial charge in [-0.15, -0.1) is 0 Å². The van der Waals surface area contributed by atoms with Crippen molar-refractivity contribution >= 4 is 5.91 Å². The summed E-state index contributed by atoms with van der Waals surface area (Å²) in [5.41, 5.74) is 1.11. The summed E-state index contributed by atoms with van der Waals surface area (Å²) in [6.07, 6.45) is 0. The number of β-lactam (4-membered cyclic amide) rings is 1. The second-order valence-electron chi connectivity index (χ2n) is 3.44. The molecule has 0 radical (unpaired) electrons. The fourth-order valence-electron chi connectivity index (χ4n) is 1.93. The number of rotatable bonds is 0. The van der Waals surface area contributed by atoms with Gasteiger partial charge in [0.2, 0.25) is 5.91 Å². The zero-order valence-electron chi connectivity index (χ0n) is 6.99. The van der Waals surface area contributed by atoms with Crippen LogP contribution in [0.3, 0.4) is 0 Å². The Bertz CT molecular complexity index is 375. The van der Waals surface area contributed by atoms with E-state index in [-0.39, 0.29) is 17.9 Å². The number of carbonyl (C=O) groups is 1. The van der Waals surface area contributed by atoms with Crippen molar-refractivity contribution in [3.05, 3.63) is 29.8 Å². The molecule has 1 saturated heterocycles. The van der Waals surface area contributed by atoms with E-state index in [0.717, 1.165) is 11.3 Å². The highest BCUT2D eigenvalue weighted by Crippen LogP contribution is 2.39. The minimum Gasteiger partial charge on any atom is -0.492 e. The van der Waals surface area contributed by atoms with Crippen molar-refractivity contribution in [3.63, 3.8) is 0 Å². The van der Waals surface area contributed by atoms with Gasteiger partial charge in [0.15, 0.2) is 0 Å². The number of hydrogen-bond donors (Lipinski definition) is 1. The first-order valence-electron chi connectivity index (χ1n) is 4.38. The second-order valence-corrected chi connectivity index (χ2v) is 3.44. The van der Waals surface area contributed by atoms with E-state index in [2.05, 4.69) is 5.32 Å². The van der Waals surface area contributed by atoms with Crippen LogP contribution < -0.4 is 10.1 Å². The first kappa shape index (κ1) is 6.95. The van der Waals surface area contributed by atoms with Crippen LogP contribution in [0.25, 0.3) is 0 Å². The summed E-state index contributed by atoms with van der Waals surface area (Å²) < 4.78 is 5.47. The molecule has 0 saturated carbocycles. The molecule has 1 fully saturated rings. The minimum absolute atomic E-state index is 0.0369. The maximum Gasteiger partial charge on any atom is 0.229 e. The predicted octanol–water partition coefficient (Wildman–Crippen LogP) is 0.866. The van der Waals surface area contributed by atoms with Crippen LogP contribution in [0, 0.1) is 5.92 Å². The van der Waals surface area contributed by atoms with Crippen molar-refractivity contribution in [2.24, 2.45) is 5.92 Å². The molecule has 1 aromatic rings. The van der Waals surface area contributed by atoms with E-state index in [1.807, 2.05) is 24.3 Å². The summed E-state index contributed by atoms with van der Waals surface area (Å²) in [5.74, 6) is 1.05. The Hall–Kier alpha value is -1.51. The third-order valence-electron chi connectivity index (χ3n) is 2.71. The first-order chi connectivity index (χ1) is 6.36. The molecule has 2 unspecified atom stereocenters. The third kappa shape index (κ3) is 0.813. The van der Waals surface area contributed by atoms with E-state index < -0.39 is 0 Å². The molecule has 3 heteroatoms. The topological polar surface area (TPSA) is 38.3 Å². The van der Waals surface area contributed by atoms with E-state index in [9.17, 15) is 4.79 Å². The van der Waals surface area contributed by atoms with Crippen molar-refractivity contribution in [1.29, 1.82) is 0 Å². The van der Waals surface area contributed by atoms with Crippen LogP contribution in [-0.4, -0.2) is 12.5 Å². The lowest BCUT2D eigenvalue weighted by Gasteiger charge is -2.41. The smallest absolute Gasteiger partial charge is 0.229 e. The van der Waals surface area contributed by atoms with Gasteiger partial charge in [0.25, 0.3) is 0 Å². The van der Waals surface area contributed by atoms with Crippen LogP contribution in [0.1, 0.15) is 11.6 Å². The van der Waals surface area contributed by atoms with Crippen LogP contribution in [0.2, 0.25) is 0 Å². The molecule has 0 aromatic heterocycles. The van der Waals surface area contributed by atoms with Gasteiger partial charge in [0, 0.05) is 5.56 Å². The number of amides is 1. The van der Waals surface area contributed by atoms with E-state index in [1.165, 1.54) is 0 Å². The summed E-state index contributed by atoms with van der Waals surface area (Å²) >= 11 is 0. The van der Waals surface area contributed by atoms with Gasteiger partial charge in [0.05, 0.1) is 12.0 Å². The number of nitrogens with one attached hydrogen (secondary N) is 1. The molecule has 0 bridgehead atoms. The van der Waals surface area contributed by atoms with Gasteiger partial charge in [-0.25, -0.2) is 0 Å². The predicted molar refractivity (Wildman–Crippen MR) is 46.3 cm³/mol. The molecule has 1 aromatic carbocycles. The molecule has 0 spiro atoms. The van der Waals surface area contributed by atoms with Gasteiger partial charge in [-0.3, -0.25) is 4.79 Å². The highest BCUT2D eigenvalue weighted by atomic mass is 16.5. The molecule has 3 nitrogen and oxygen atoms in total. The van der Waals surface area contributed by atoms with Gasteiger partial charge in [-0.1, -0.05) is 18.2 Å². The van der Waals surface area contributed by atoms with Crippen LogP contribution in [-0.2, 0) is 4.79 Å². The number of hydrogen-bond acceptors (Lipinski definition) is 2. The summed E-state index contributed by atoms with van der Waals surface area (Å²) in [4.78, 5) is 11.1. The molecular weight excluding hydrogens is 166 g/mol. The average molecular weight is 175 g/mol. The Balaban J connectivity index is 2.05. The van der Waals surface area contributed by atoms with Gasteiger partial charge in [-0.2, -0.15) is 0 Å². The van der Waals surface area contributed by atoms with Crippen molar-refractivity contribution in [3.8, 4) is 5.75 Å². The SMILES string of the molecule is O=C1NC2c3ccccc3OCC12. The Kier molecular flexibility index (Phi) is 1.20. The highest BCUT2D eigenvalue weighted by Gasteiger charge is 2.44. The fourth-order valence-corrected chi connectivity index (χ4v) is 1.93. The fraction of sp³-hybridized carbons (Fsp3) is 0.300. The number of para-hydroxylation sites is 1. The molecule has 0 aliphatic carbocycles. The van der Waals surface area contributed by atoms with Gasteiger partial charge in [-0.05, 0) is 6.07 Å². The van der Waals surface area contributed by atoms with E-state index in [0.29, 0.717) is 6.61 Å². The monoisotopic (exact) mass is 175 g/mol. The molecule has 2 aliphatic heterocycles. The van der Waals surface area contributed by atoms with Gasteiger partial charge < -0.3 is 10.1 Å². The number of ether oxygens (including phenoxy) is 1. The Morgan fingerprint density at radius 1 is 1.38 bits per heavy atom. The number of fused-ring (bicyclic) bond motifs is 3. The third-order valence-corrected chi connectivity index (χ3v) is 2.71. The van der Waals surface area contributed by atoms with Crippen LogP contribution >= 0.6 is 0 Å². The minimum atomic E-state index is 0.0369. The van der Waals surface area contributed by atoms with Crippen LogP contribution in [0.15, 0.2) is 24.3 Å². The average Bonchev–Trinajstić information content (AvgIpc) is 2.16. The number of benzene rings is 1. The van der Waals surface area contributed by atoms with Crippen LogP contribution in [0.4, 0.5) is 0 Å².